The molecule has 16 heavy (non-hydrogen) atoms. The molecule has 0 aliphatic heterocycles. The number of rotatable bonds is 5. The topological polar surface area (TPSA) is 45.0 Å². The number of aryl methyl sites for hydroxylation is 1. The van der Waals surface area contributed by atoms with E-state index in [1.165, 1.54) is 5.56 Å². The lowest BCUT2D eigenvalue weighted by atomic mass is 10.2. The third kappa shape index (κ3) is 4.33. The summed E-state index contributed by atoms with van der Waals surface area (Å²) in [6.45, 7) is 6.42. The molecule has 0 saturated heterocycles. The van der Waals surface area contributed by atoms with E-state index in [9.17, 15) is 0 Å². The summed E-state index contributed by atoms with van der Waals surface area (Å²) >= 11 is 0. The predicted octanol–water partition coefficient (Wildman–Crippen LogP) is 2.26. The van der Waals surface area contributed by atoms with Crippen LogP contribution in [0.15, 0.2) is 24.3 Å². The summed E-state index contributed by atoms with van der Waals surface area (Å²) in [6, 6.07) is 10.0. The normalized spacial score (nSPS) is 12.2. The molecule has 1 rings (SSSR count). The Hall–Kier alpha value is -1.53. The molecule has 0 spiro atoms. The molecule has 0 aliphatic rings. The molecule has 0 amide bonds. The van der Waals surface area contributed by atoms with Gasteiger partial charge in [-0.1, -0.05) is 17.7 Å². The van der Waals surface area contributed by atoms with Gasteiger partial charge in [-0.2, -0.15) is 5.26 Å². The van der Waals surface area contributed by atoms with Crippen LogP contribution in [0.25, 0.3) is 0 Å². The Labute approximate surface area is 97.0 Å². The minimum Gasteiger partial charge on any atom is -0.491 e. The second kappa shape index (κ2) is 6.14. The van der Waals surface area contributed by atoms with Gasteiger partial charge in [0.2, 0.25) is 0 Å². The zero-order valence-corrected chi connectivity index (χ0v) is 10.0. The van der Waals surface area contributed by atoms with Crippen LogP contribution in [-0.2, 0) is 0 Å². The number of ether oxygens (including phenoxy) is 1. The Morgan fingerprint density at radius 3 is 2.44 bits per heavy atom. The lowest BCUT2D eigenvalue weighted by Gasteiger charge is -2.15. The third-order valence-corrected chi connectivity index (χ3v) is 2.13. The van der Waals surface area contributed by atoms with Crippen LogP contribution < -0.4 is 10.1 Å². The highest BCUT2D eigenvalue weighted by atomic mass is 16.5. The van der Waals surface area contributed by atoms with E-state index in [0.717, 1.165) is 5.75 Å². The van der Waals surface area contributed by atoms with E-state index in [1.807, 2.05) is 45.0 Å². The van der Waals surface area contributed by atoms with Crippen molar-refractivity contribution >= 4 is 0 Å². The van der Waals surface area contributed by atoms with Gasteiger partial charge in [0, 0.05) is 6.04 Å². The van der Waals surface area contributed by atoms with E-state index in [1.54, 1.807) is 0 Å². The van der Waals surface area contributed by atoms with Gasteiger partial charge in [-0.15, -0.1) is 0 Å². The fraction of sp³-hybridized carbons (Fsp3) is 0.462. The molecule has 0 radical (unpaired) electrons. The summed E-state index contributed by atoms with van der Waals surface area (Å²) in [7, 11) is 0. The molecule has 0 bridgehead atoms. The first kappa shape index (κ1) is 12.5. The van der Waals surface area contributed by atoms with Crippen molar-refractivity contribution in [2.45, 2.75) is 32.9 Å². The van der Waals surface area contributed by atoms with Gasteiger partial charge in [-0.05, 0) is 32.9 Å². The smallest absolute Gasteiger partial charge is 0.130 e. The van der Waals surface area contributed by atoms with Gasteiger partial charge >= 0.3 is 0 Å². The molecular formula is C13H18N2O. The van der Waals surface area contributed by atoms with Crippen LogP contribution in [0.2, 0.25) is 0 Å². The Balaban J connectivity index is 2.44. The number of nitriles is 1. The highest BCUT2D eigenvalue weighted by molar-refractivity contribution is 5.26. The number of hydrogen-bond donors (Lipinski definition) is 1. The first-order chi connectivity index (χ1) is 7.61. The molecule has 0 fully saturated rings. The lowest BCUT2D eigenvalue weighted by Crippen LogP contribution is -2.37. The summed E-state index contributed by atoms with van der Waals surface area (Å²) in [5.41, 5.74) is 1.20. The van der Waals surface area contributed by atoms with E-state index in [4.69, 9.17) is 10.00 Å². The second-order valence-electron chi connectivity index (χ2n) is 4.13. The highest BCUT2D eigenvalue weighted by Crippen LogP contribution is 2.11. The Morgan fingerprint density at radius 1 is 1.31 bits per heavy atom. The van der Waals surface area contributed by atoms with Gasteiger partial charge in [0.25, 0.3) is 0 Å². The van der Waals surface area contributed by atoms with Gasteiger partial charge < -0.3 is 4.74 Å². The summed E-state index contributed by atoms with van der Waals surface area (Å²) in [4.78, 5) is 0. The van der Waals surface area contributed by atoms with Crippen molar-refractivity contribution in [3.8, 4) is 11.8 Å². The minimum absolute atomic E-state index is 0.263. The van der Waals surface area contributed by atoms with Crippen molar-refractivity contribution in [1.29, 1.82) is 5.26 Å². The van der Waals surface area contributed by atoms with Crippen LogP contribution in [-0.4, -0.2) is 18.7 Å². The van der Waals surface area contributed by atoms with Gasteiger partial charge in [-0.25, -0.2) is 0 Å². The molecule has 0 saturated carbocycles. The number of nitrogens with zero attached hydrogens (tertiary/aromatic N) is 1. The fourth-order valence-electron chi connectivity index (χ4n) is 1.34. The largest absolute Gasteiger partial charge is 0.491 e. The van der Waals surface area contributed by atoms with Crippen molar-refractivity contribution in [2.24, 2.45) is 0 Å². The van der Waals surface area contributed by atoms with Crippen LogP contribution in [0.1, 0.15) is 19.4 Å². The quantitative estimate of drug-likeness (QED) is 0.824. The van der Waals surface area contributed by atoms with E-state index < -0.39 is 0 Å². The van der Waals surface area contributed by atoms with Crippen molar-refractivity contribution < 1.29 is 4.74 Å². The average molecular weight is 218 g/mol. The molecule has 3 nitrogen and oxygen atoms in total. The molecular weight excluding hydrogens is 200 g/mol. The summed E-state index contributed by atoms with van der Waals surface area (Å²) in [5.74, 6) is 0.802. The number of benzene rings is 1. The predicted molar refractivity (Wildman–Crippen MR) is 64.3 cm³/mol. The summed E-state index contributed by atoms with van der Waals surface area (Å²) in [6.07, 6.45) is 0. The Morgan fingerprint density at radius 2 is 1.94 bits per heavy atom. The van der Waals surface area contributed by atoms with Gasteiger partial charge in [0.05, 0.1) is 6.07 Å². The van der Waals surface area contributed by atoms with Crippen LogP contribution in [0, 0.1) is 18.3 Å². The zero-order chi connectivity index (χ0) is 12.0. The van der Waals surface area contributed by atoms with E-state index in [-0.39, 0.29) is 12.1 Å². The zero-order valence-electron chi connectivity index (χ0n) is 10.0. The van der Waals surface area contributed by atoms with E-state index in [0.29, 0.717) is 6.61 Å². The Kier molecular flexibility index (Phi) is 4.81. The maximum Gasteiger partial charge on any atom is 0.130 e. The molecule has 0 aliphatic carbocycles. The first-order valence-electron chi connectivity index (χ1n) is 5.47. The van der Waals surface area contributed by atoms with Gasteiger partial charge in [-0.3, -0.25) is 5.32 Å². The third-order valence-electron chi connectivity index (χ3n) is 2.13. The molecule has 0 heterocycles. The monoisotopic (exact) mass is 218 g/mol. The molecule has 3 heteroatoms. The van der Waals surface area contributed by atoms with Crippen molar-refractivity contribution in [3.63, 3.8) is 0 Å². The number of nitrogens with one attached hydrogen (secondary N) is 1. The molecule has 86 valence electrons. The van der Waals surface area contributed by atoms with Crippen LogP contribution in [0.3, 0.4) is 0 Å². The maximum absolute atomic E-state index is 8.90. The average Bonchev–Trinajstić information content (AvgIpc) is 2.26. The van der Waals surface area contributed by atoms with Crippen LogP contribution in [0.4, 0.5) is 0 Å². The first-order valence-corrected chi connectivity index (χ1v) is 5.47. The van der Waals surface area contributed by atoms with E-state index in [2.05, 4.69) is 11.4 Å². The molecule has 1 aromatic rings. The second-order valence-corrected chi connectivity index (χ2v) is 4.13. The maximum atomic E-state index is 8.90. The molecule has 1 atom stereocenters. The summed E-state index contributed by atoms with van der Waals surface area (Å²) < 4.78 is 5.53. The highest BCUT2D eigenvalue weighted by Gasteiger charge is 2.08. The van der Waals surface area contributed by atoms with Crippen molar-refractivity contribution in [2.75, 3.05) is 6.61 Å². The molecule has 0 aromatic heterocycles. The SMILES string of the molecule is Cc1ccc(OCC(C#N)NC(C)C)cc1. The van der Waals surface area contributed by atoms with Crippen molar-refractivity contribution in [3.05, 3.63) is 29.8 Å². The Bertz CT molecular complexity index is 351. The van der Waals surface area contributed by atoms with Crippen LogP contribution >= 0.6 is 0 Å². The summed E-state index contributed by atoms with van der Waals surface area (Å²) in [5, 5.41) is 12.0. The van der Waals surface area contributed by atoms with E-state index >= 15 is 0 Å². The lowest BCUT2D eigenvalue weighted by molar-refractivity contribution is 0.282. The minimum atomic E-state index is -0.263. The van der Waals surface area contributed by atoms with Crippen molar-refractivity contribution in [1.82, 2.24) is 5.32 Å². The van der Waals surface area contributed by atoms with Crippen LogP contribution in [0.5, 0.6) is 5.75 Å². The van der Waals surface area contributed by atoms with Gasteiger partial charge in [0.15, 0.2) is 0 Å². The van der Waals surface area contributed by atoms with Gasteiger partial charge in [0.1, 0.15) is 18.4 Å². The molecule has 1 unspecified atom stereocenters. The standard InChI is InChI=1S/C13H18N2O/c1-10(2)15-12(8-14)9-16-13-6-4-11(3)5-7-13/h4-7,10,12,15H,9H2,1-3H3. The molecule has 1 aromatic carbocycles. The number of hydrogen-bond acceptors (Lipinski definition) is 3. The fourth-order valence-corrected chi connectivity index (χ4v) is 1.34. The molecule has 1 N–H and O–H groups in total.